The monoisotopic (exact) mass is 382 g/mol. The van der Waals surface area contributed by atoms with Gasteiger partial charge in [0.15, 0.2) is 9.75 Å². The lowest BCUT2D eigenvalue weighted by Crippen LogP contribution is -2.37. The largest absolute Gasteiger partial charge is 0.380 e. The molecule has 0 saturated heterocycles. The lowest BCUT2D eigenvalue weighted by Gasteiger charge is -2.23. The molecule has 2 aliphatic rings. The van der Waals surface area contributed by atoms with Crippen molar-refractivity contribution in [2.24, 2.45) is 0 Å². The Morgan fingerprint density at radius 1 is 0.864 bits per heavy atom. The first-order valence-corrected chi connectivity index (χ1v) is 7.67. The first-order valence-electron chi connectivity index (χ1n) is 6.16. The highest BCUT2D eigenvalue weighted by molar-refractivity contribution is 6.38. The fraction of sp³-hybridized carbons (Fsp3) is 0.286. The van der Waals surface area contributed by atoms with Gasteiger partial charge in [-0.2, -0.15) is 0 Å². The molecule has 118 valence electrons. The smallest absolute Gasteiger partial charge is 0.245 e. The Hall–Kier alpha value is -0.940. The molecule has 0 amide bonds. The molecule has 0 fully saturated rings. The third-order valence-electron chi connectivity index (χ3n) is 3.07. The van der Waals surface area contributed by atoms with Crippen LogP contribution in [0.15, 0.2) is 46.5 Å². The van der Waals surface area contributed by atoms with Crippen molar-refractivity contribution < 1.29 is 19.4 Å². The van der Waals surface area contributed by atoms with Crippen LogP contribution in [-0.4, -0.2) is 21.7 Å². The predicted octanol–water partition coefficient (Wildman–Crippen LogP) is 4.11. The molecule has 2 rings (SSSR count). The van der Waals surface area contributed by atoms with Crippen molar-refractivity contribution in [1.82, 2.24) is 0 Å². The molecule has 4 nitrogen and oxygen atoms in total. The minimum Gasteiger partial charge on any atom is -0.245 e. The summed E-state index contributed by atoms with van der Waals surface area (Å²) in [5, 5.41) is 0.911. The molecule has 0 heterocycles. The lowest BCUT2D eigenvalue weighted by molar-refractivity contribution is -0.261. The second kappa shape index (κ2) is 6.67. The molecule has 8 heteroatoms. The van der Waals surface area contributed by atoms with E-state index in [2.05, 4.69) is 9.78 Å². The zero-order chi connectivity index (χ0) is 16.4. The topological polar surface area (TPSA) is 52.6 Å². The Morgan fingerprint density at radius 3 is 1.50 bits per heavy atom. The molecule has 0 aromatic heterocycles. The van der Waals surface area contributed by atoms with Crippen LogP contribution in [-0.2, 0) is 19.4 Å². The van der Waals surface area contributed by atoms with Crippen LogP contribution >= 0.6 is 46.4 Å². The van der Waals surface area contributed by atoms with Gasteiger partial charge in [-0.3, -0.25) is 0 Å². The van der Waals surface area contributed by atoms with E-state index in [1.165, 1.54) is 24.3 Å². The summed E-state index contributed by atoms with van der Waals surface area (Å²) >= 11 is 23.7. The minimum absolute atomic E-state index is 0.116. The summed E-state index contributed by atoms with van der Waals surface area (Å²) in [7, 11) is 0. The van der Waals surface area contributed by atoms with E-state index in [9.17, 15) is 9.59 Å². The highest BCUT2D eigenvalue weighted by Crippen LogP contribution is 2.32. The maximum absolute atomic E-state index is 11.9. The molecule has 0 spiro atoms. The number of rotatable bonds is 2. The Kier molecular flexibility index (Phi) is 5.28. The fourth-order valence-electron chi connectivity index (χ4n) is 1.70. The van der Waals surface area contributed by atoms with Gasteiger partial charge in [0.2, 0.25) is 0 Å². The Balaban J connectivity index is 1.93. The molecular formula is C14H10Cl4O4. The molecule has 0 aliphatic heterocycles. The molecule has 2 atom stereocenters. The maximum Gasteiger partial charge on any atom is 0.380 e. The maximum atomic E-state index is 11.9. The van der Waals surface area contributed by atoms with E-state index in [0.29, 0.717) is 10.1 Å². The summed E-state index contributed by atoms with van der Waals surface area (Å²) in [6, 6.07) is 0. The molecule has 2 unspecified atom stereocenters. The standard InChI is InChI=1S/C14H10Cl4O4/c15-9-1-5-13(17,6-2-9)11(19)21-22-12(20)14(18)7-3-10(16)4-8-14/h1-5,7H,6,8H2. The van der Waals surface area contributed by atoms with Gasteiger partial charge in [0.1, 0.15) is 0 Å². The third-order valence-corrected chi connectivity index (χ3v) is 4.50. The van der Waals surface area contributed by atoms with Crippen LogP contribution in [0.3, 0.4) is 0 Å². The minimum atomic E-state index is -1.47. The van der Waals surface area contributed by atoms with E-state index in [0.717, 1.165) is 0 Å². The molecule has 0 bridgehead atoms. The van der Waals surface area contributed by atoms with Gasteiger partial charge in [-0.25, -0.2) is 19.4 Å². The molecule has 22 heavy (non-hydrogen) atoms. The molecule has 0 saturated carbocycles. The number of halogens is 4. The van der Waals surface area contributed by atoms with E-state index in [-0.39, 0.29) is 12.8 Å². The first kappa shape index (κ1) is 17.4. The number of alkyl halides is 2. The van der Waals surface area contributed by atoms with Crippen molar-refractivity contribution in [1.29, 1.82) is 0 Å². The number of hydrogen-bond donors (Lipinski definition) is 0. The van der Waals surface area contributed by atoms with Crippen LogP contribution in [0.1, 0.15) is 12.8 Å². The Labute approximate surface area is 146 Å². The SMILES string of the molecule is O=C(OOC(=O)C1(Cl)C=CC(Cl)=CC1)C1(Cl)C=CC(Cl)=CC1. The average molecular weight is 384 g/mol. The van der Waals surface area contributed by atoms with Crippen LogP contribution in [0.5, 0.6) is 0 Å². The van der Waals surface area contributed by atoms with Crippen LogP contribution < -0.4 is 0 Å². The fourth-order valence-corrected chi connectivity index (χ4v) is 2.33. The molecular weight excluding hydrogens is 374 g/mol. The van der Waals surface area contributed by atoms with E-state index < -0.39 is 21.7 Å². The van der Waals surface area contributed by atoms with Crippen LogP contribution in [0.25, 0.3) is 0 Å². The first-order chi connectivity index (χ1) is 10.3. The summed E-state index contributed by atoms with van der Waals surface area (Å²) in [6.45, 7) is 0. The van der Waals surface area contributed by atoms with Crippen LogP contribution in [0.2, 0.25) is 0 Å². The second-order valence-corrected chi connectivity index (χ2v) is 6.94. The van der Waals surface area contributed by atoms with Crippen LogP contribution in [0.4, 0.5) is 0 Å². The van der Waals surface area contributed by atoms with Crippen LogP contribution in [0, 0.1) is 0 Å². The van der Waals surface area contributed by atoms with E-state index >= 15 is 0 Å². The quantitative estimate of drug-likeness (QED) is 0.409. The Bertz CT molecular complexity index is 568. The van der Waals surface area contributed by atoms with Gasteiger partial charge < -0.3 is 0 Å². The predicted molar refractivity (Wildman–Crippen MR) is 84.7 cm³/mol. The zero-order valence-electron chi connectivity index (χ0n) is 11.0. The highest BCUT2D eigenvalue weighted by Gasteiger charge is 2.41. The van der Waals surface area contributed by atoms with Crippen molar-refractivity contribution in [2.75, 3.05) is 0 Å². The summed E-state index contributed by atoms with van der Waals surface area (Å²) in [6.07, 6.45) is 8.99. The number of allylic oxidation sites excluding steroid dienone is 6. The molecule has 0 N–H and O–H groups in total. The molecule has 0 radical (unpaired) electrons. The van der Waals surface area contributed by atoms with E-state index in [1.807, 2.05) is 0 Å². The Morgan fingerprint density at radius 2 is 1.23 bits per heavy atom. The van der Waals surface area contributed by atoms with Gasteiger partial charge >= 0.3 is 11.9 Å². The van der Waals surface area contributed by atoms with Gasteiger partial charge in [0.05, 0.1) is 0 Å². The van der Waals surface area contributed by atoms with Crippen molar-refractivity contribution in [2.45, 2.75) is 22.6 Å². The number of hydrogen-bond acceptors (Lipinski definition) is 4. The average Bonchev–Trinajstić information content (AvgIpc) is 2.50. The third kappa shape index (κ3) is 3.87. The van der Waals surface area contributed by atoms with Gasteiger partial charge in [0, 0.05) is 22.9 Å². The number of carbonyl (C=O) groups excluding carboxylic acids is 2. The van der Waals surface area contributed by atoms with Gasteiger partial charge in [-0.1, -0.05) is 47.5 Å². The summed E-state index contributed by atoms with van der Waals surface area (Å²) in [5.74, 6) is -1.87. The molecule has 0 aromatic carbocycles. The summed E-state index contributed by atoms with van der Waals surface area (Å²) < 4.78 is 0. The normalized spacial score (nSPS) is 30.4. The lowest BCUT2D eigenvalue weighted by atomic mass is 10.00. The number of carbonyl (C=O) groups is 2. The van der Waals surface area contributed by atoms with Crippen molar-refractivity contribution in [3.8, 4) is 0 Å². The second-order valence-electron chi connectivity index (χ2n) is 4.72. The van der Waals surface area contributed by atoms with E-state index in [4.69, 9.17) is 46.4 Å². The zero-order valence-corrected chi connectivity index (χ0v) is 14.0. The molecule has 2 aliphatic carbocycles. The van der Waals surface area contributed by atoms with Crippen molar-refractivity contribution >= 4 is 58.3 Å². The summed E-state index contributed by atoms with van der Waals surface area (Å²) in [4.78, 5) is 29.9. The highest BCUT2D eigenvalue weighted by atomic mass is 35.5. The van der Waals surface area contributed by atoms with Gasteiger partial charge in [0.25, 0.3) is 0 Å². The molecule has 0 aromatic rings. The van der Waals surface area contributed by atoms with Crippen molar-refractivity contribution in [3.05, 3.63) is 46.5 Å². The van der Waals surface area contributed by atoms with Gasteiger partial charge in [-0.05, 0) is 12.2 Å². The summed E-state index contributed by atoms with van der Waals surface area (Å²) in [5.41, 5.74) is 0. The van der Waals surface area contributed by atoms with E-state index in [1.54, 1.807) is 12.2 Å². The van der Waals surface area contributed by atoms with Crippen molar-refractivity contribution in [3.63, 3.8) is 0 Å². The van der Waals surface area contributed by atoms with Gasteiger partial charge in [-0.15, -0.1) is 23.2 Å².